The van der Waals surface area contributed by atoms with Crippen LogP contribution in [0.15, 0.2) is 39.8 Å². The highest BCUT2D eigenvalue weighted by atomic mass is 127. The lowest BCUT2D eigenvalue weighted by Crippen LogP contribution is -2.33. The van der Waals surface area contributed by atoms with Crippen LogP contribution in [0.3, 0.4) is 0 Å². The first-order chi connectivity index (χ1) is 9.24. The molecule has 1 heterocycles. The Balaban J connectivity index is 0.00000200. The van der Waals surface area contributed by atoms with Crippen LogP contribution in [-0.2, 0) is 13.0 Å². The van der Waals surface area contributed by atoms with Gasteiger partial charge in [-0.25, -0.2) is 4.99 Å². The molecule has 7 heteroatoms. The van der Waals surface area contributed by atoms with Gasteiger partial charge in [0.25, 0.3) is 0 Å². The summed E-state index contributed by atoms with van der Waals surface area (Å²) >= 11 is 0. The molecular formula is C13H18IN5O. The molecule has 6 nitrogen and oxygen atoms in total. The Morgan fingerprint density at radius 3 is 2.75 bits per heavy atom. The largest absolute Gasteiger partial charge is 0.370 e. The molecule has 2 aromatic rings. The molecule has 0 amide bonds. The fourth-order valence-electron chi connectivity index (χ4n) is 1.55. The molecule has 0 bridgehead atoms. The van der Waals surface area contributed by atoms with E-state index in [0.29, 0.717) is 37.2 Å². The predicted octanol–water partition coefficient (Wildman–Crippen LogP) is 1.64. The van der Waals surface area contributed by atoms with E-state index in [4.69, 9.17) is 10.3 Å². The Bertz CT molecular complexity index is 541. The van der Waals surface area contributed by atoms with Crippen molar-refractivity contribution in [3.8, 4) is 0 Å². The summed E-state index contributed by atoms with van der Waals surface area (Å²) in [5.41, 5.74) is 6.89. The number of hydrogen-bond acceptors (Lipinski definition) is 4. The fraction of sp³-hybridized carbons (Fsp3) is 0.308. The van der Waals surface area contributed by atoms with Crippen LogP contribution >= 0.6 is 24.0 Å². The van der Waals surface area contributed by atoms with Gasteiger partial charge in [0.05, 0.1) is 6.54 Å². The number of rotatable bonds is 5. The van der Waals surface area contributed by atoms with E-state index in [1.165, 1.54) is 0 Å². The van der Waals surface area contributed by atoms with Gasteiger partial charge in [0.2, 0.25) is 5.89 Å². The molecule has 3 N–H and O–H groups in total. The van der Waals surface area contributed by atoms with Gasteiger partial charge in [-0.15, -0.1) is 24.0 Å². The lowest BCUT2D eigenvalue weighted by atomic mass is 10.2. The molecule has 0 radical (unpaired) electrons. The molecule has 20 heavy (non-hydrogen) atoms. The van der Waals surface area contributed by atoms with Crippen LogP contribution in [0.5, 0.6) is 0 Å². The third kappa shape index (κ3) is 5.55. The molecular weight excluding hydrogens is 369 g/mol. The minimum absolute atomic E-state index is 0. The summed E-state index contributed by atoms with van der Waals surface area (Å²) in [6, 6.07) is 9.95. The summed E-state index contributed by atoms with van der Waals surface area (Å²) < 4.78 is 4.99. The number of nitrogens with one attached hydrogen (secondary N) is 1. The van der Waals surface area contributed by atoms with Crippen LogP contribution in [0, 0.1) is 6.92 Å². The highest BCUT2D eigenvalue weighted by Gasteiger charge is 2.01. The number of aromatic nitrogens is 2. The molecule has 0 saturated carbocycles. The van der Waals surface area contributed by atoms with Gasteiger partial charge in [-0.05, 0) is 12.5 Å². The topological polar surface area (TPSA) is 89.3 Å². The van der Waals surface area contributed by atoms with E-state index in [9.17, 15) is 0 Å². The number of nitrogens with two attached hydrogens (primary N) is 1. The average Bonchev–Trinajstić information content (AvgIpc) is 2.83. The van der Waals surface area contributed by atoms with E-state index in [1.54, 1.807) is 6.92 Å². The van der Waals surface area contributed by atoms with Crippen LogP contribution in [0.1, 0.15) is 17.3 Å². The SMILES string of the molecule is Cc1noc(CCNC(N)=NCc2ccccc2)n1.I. The quantitative estimate of drug-likeness (QED) is 0.463. The lowest BCUT2D eigenvalue weighted by molar-refractivity contribution is 0.374. The first kappa shape index (κ1) is 16.4. The van der Waals surface area contributed by atoms with E-state index in [2.05, 4.69) is 20.4 Å². The van der Waals surface area contributed by atoms with Crippen LogP contribution < -0.4 is 11.1 Å². The number of halogens is 1. The number of guanidine groups is 1. The zero-order chi connectivity index (χ0) is 13.5. The van der Waals surface area contributed by atoms with Gasteiger partial charge in [0, 0.05) is 13.0 Å². The molecule has 1 aromatic heterocycles. The third-order valence-corrected chi connectivity index (χ3v) is 2.49. The highest BCUT2D eigenvalue weighted by molar-refractivity contribution is 14.0. The summed E-state index contributed by atoms with van der Waals surface area (Å²) in [4.78, 5) is 8.35. The molecule has 1 aromatic carbocycles. The Labute approximate surface area is 134 Å². The highest BCUT2D eigenvalue weighted by Crippen LogP contribution is 1.99. The van der Waals surface area contributed by atoms with Gasteiger partial charge in [-0.2, -0.15) is 4.98 Å². The number of hydrogen-bond donors (Lipinski definition) is 2. The average molecular weight is 387 g/mol. The van der Waals surface area contributed by atoms with Crippen molar-refractivity contribution >= 4 is 29.9 Å². The first-order valence-electron chi connectivity index (χ1n) is 6.11. The number of aryl methyl sites for hydroxylation is 1. The maximum absolute atomic E-state index is 5.76. The maximum atomic E-state index is 5.76. The molecule has 0 spiro atoms. The second-order valence-corrected chi connectivity index (χ2v) is 4.10. The summed E-state index contributed by atoms with van der Waals surface area (Å²) in [7, 11) is 0. The van der Waals surface area contributed by atoms with Crippen molar-refractivity contribution in [3.05, 3.63) is 47.6 Å². The first-order valence-corrected chi connectivity index (χ1v) is 6.11. The van der Waals surface area contributed by atoms with E-state index in [-0.39, 0.29) is 24.0 Å². The van der Waals surface area contributed by atoms with Crippen LogP contribution in [0.4, 0.5) is 0 Å². The predicted molar refractivity (Wildman–Crippen MR) is 87.9 cm³/mol. The van der Waals surface area contributed by atoms with Crippen LogP contribution in [-0.4, -0.2) is 22.6 Å². The van der Waals surface area contributed by atoms with Gasteiger partial charge in [-0.3, -0.25) is 0 Å². The van der Waals surface area contributed by atoms with Crippen LogP contribution in [0.2, 0.25) is 0 Å². The minimum Gasteiger partial charge on any atom is -0.370 e. The minimum atomic E-state index is 0. The second-order valence-electron chi connectivity index (χ2n) is 4.10. The van der Waals surface area contributed by atoms with Gasteiger partial charge in [0.1, 0.15) is 0 Å². The van der Waals surface area contributed by atoms with Gasteiger partial charge >= 0.3 is 0 Å². The Hall–Kier alpha value is -1.64. The normalized spacial score (nSPS) is 10.9. The summed E-state index contributed by atoms with van der Waals surface area (Å²) in [6.07, 6.45) is 0.627. The van der Waals surface area contributed by atoms with Crippen molar-refractivity contribution in [1.82, 2.24) is 15.5 Å². The number of nitrogens with zero attached hydrogens (tertiary/aromatic N) is 3. The molecule has 0 atom stereocenters. The van der Waals surface area contributed by atoms with Crippen molar-refractivity contribution in [2.24, 2.45) is 10.7 Å². The zero-order valence-corrected chi connectivity index (χ0v) is 13.6. The van der Waals surface area contributed by atoms with E-state index < -0.39 is 0 Å². The van der Waals surface area contributed by atoms with Crippen molar-refractivity contribution in [2.75, 3.05) is 6.54 Å². The molecule has 108 valence electrons. The Morgan fingerprint density at radius 1 is 1.35 bits per heavy atom. The monoisotopic (exact) mass is 387 g/mol. The Morgan fingerprint density at radius 2 is 2.10 bits per heavy atom. The zero-order valence-electron chi connectivity index (χ0n) is 11.2. The summed E-state index contributed by atoms with van der Waals surface area (Å²) in [5, 5.41) is 6.73. The molecule has 0 saturated heterocycles. The molecule has 0 aliphatic carbocycles. The maximum Gasteiger partial charge on any atom is 0.228 e. The molecule has 2 rings (SSSR count). The third-order valence-electron chi connectivity index (χ3n) is 2.49. The molecule has 0 unspecified atom stereocenters. The van der Waals surface area contributed by atoms with Gasteiger partial charge in [-0.1, -0.05) is 35.5 Å². The van der Waals surface area contributed by atoms with E-state index in [1.807, 2.05) is 30.3 Å². The summed E-state index contributed by atoms with van der Waals surface area (Å²) in [5.74, 6) is 1.65. The Kier molecular flexibility index (Phi) is 6.99. The summed E-state index contributed by atoms with van der Waals surface area (Å²) in [6.45, 7) is 2.97. The number of benzene rings is 1. The smallest absolute Gasteiger partial charge is 0.228 e. The van der Waals surface area contributed by atoms with Crippen molar-refractivity contribution in [2.45, 2.75) is 19.9 Å². The number of aliphatic imine (C=N–C) groups is 1. The fourth-order valence-corrected chi connectivity index (χ4v) is 1.55. The van der Waals surface area contributed by atoms with Crippen molar-refractivity contribution < 1.29 is 4.52 Å². The van der Waals surface area contributed by atoms with Crippen LogP contribution in [0.25, 0.3) is 0 Å². The second kappa shape index (κ2) is 8.51. The van der Waals surface area contributed by atoms with E-state index >= 15 is 0 Å². The van der Waals surface area contributed by atoms with Gasteiger partial charge < -0.3 is 15.6 Å². The molecule has 0 fully saturated rings. The molecule has 0 aliphatic heterocycles. The van der Waals surface area contributed by atoms with Crippen molar-refractivity contribution in [3.63, 3.8) is 0 Å². The van der Waals surface area contributed by atoms with Gasteiger partial charge in [0.15, 0.2) is 11.8 Å². The molecule has 0 aliphatic rings. The van der Waals surface area contributed by atoms with Crippen molar-refractivity contribution in [1.29, 1.82) is 0 Å². The standard InChI is InChI=1S/C13H17N5O.HI/c1-10-17-12(19-18-10)7-8-15-13(14)16-9-11-5-3-2-4-6-11;/h2-6H,7-9H2,1H3,(H3,14,15,16);1H. The van der Waals surface area contributed by atoms with E-state index in [0.717, 1.165) is 5.56 Å². The lowest BCUT2D eigenvalue weighted by Gasteiger charge is -2.03.